The number of rotatable bonds is 2. The maximum atomic E-state index is 12.2. The fourth-order valence-electron chi connectivity index (χ4n) is 2.07. The average Bonchev–Trinajstić information content (AvgIpc) is 2.87. The Hall–Kier alpha value is -2.26. The van der Waals surface area contributed by atoms with E-state index in [9.17, 15) is 4.79 Å². The van der Waals surface area contributed by atoms with Crippen molar-refractivity contribution in [2.75, 3.05) is 5.32 Å². The molecule has 2 aromatic carbocycles. The largest absolute Gasteiger partial charge is 0.451 e. The molecule has 3 rings (SSSR count). The molecule has 4 heteroatoms. The van der Waals surface area contributed by atoms with Crippen LogP contribution in [-0.2, 0) is 0 Å². The summed E-state index contributed by atoms with van der Waals surface area (Å²) in [6, 6.07) is 14.6. The lowest BCUT2D eigenvalue weighted by Gasteiger charge is -2.04. The highest BCUT2D eigenvalue weighted by atomic mass is 35.5. The van der Waals surface area contributed by atoms with Crippen LogP contribution in [0.2, 0.25) is 5.02 Å². The predicted octanol–water partition coefficient (Wildman–Crippen LogP) is 4.65. The molecule has 0 radical (unpaired) electrons. The van der Waals surface area contributed by atoms with Crippen LogP contribution in [0.1, 0.15) is 16.1 Å². The molecular weight excluding hydrogens is 274 g/mol. The number of carbonyl (C=O) groups is 1. The lowest BCUT2D eigenvalue weighted by Crippen LogP contribution is -2.10. The van der Waals surface area contributed by atoms with Crippen LogP contribution < -0.4 is 5.32 Å². The maximum absolute atomic E-state index is 12.2. The summed E-state index contributed by atoms with van der Waals surface area (Å²) in [6.07, 6.45) is 0. The van der Waals surface area contributed by atoms with Crippen LogP contribution in [0.3, 0.4) is 0 Å². The van der Waals surface area contributed by atoms with Gasteiger partial charge in [0.15, 0.2) is 5.76 Å². The number of aryl methyl sites for hydroxylation is 1. The summed E-state index contributed by atoms with van der Waals surface area (Å²) in [5, 5.41) is 4.15. The van der Waals surface area contributed by atoms with Crippen LogP contribution >= 0.6 is 11.6 Å². The van der Waals surface area contributed by atoms with Gasteiger partial charge in [0.05, 0.1) is 10.7 Å². The van der Waals surface area contributed by atoms with E-state index in [0.29, 0.717) is 10.7 Å². The predicted molar refractivity (Wildman–Crippen MR) is 80.4 cm³/mol. The molecule has 0 atom stereocenters. The van der Waals surface area contributed by atoms with Crippen LogP contribution in [0.5, 0.6) is 0 Å². The third-order valence-corrected chi connectivity index (χ3v) is 3.42. The smallest absolute Gasteiger partial charge is 0.291 e. The third-order valence-electron chi connectivity index (χ3n) is 3.09. The number of nitrogens with one attached hydrogen (secondary N) is 1. The van der Waals surface area contributed by atoms with Crippen molar-refractivity contribution in [1.82, 2.24) is 0 Å². The summed E-state index contributed by atoms with van der Waals surface area (Å²) in [5.41, 5.74) is 2.30. The summed E-state index contributed by atoms with van der Waals surface area (Å²) in [7, 11) is 0. The van der Waals surface area contributed by atoms with Gasteiger partial charge in [0.2, 0.25) is 0 Å². The van der Waals surface area contributed by atoms with E-state index in [1.165, 1.54) is 0 Å². The first-order valence-corrected chi connectivity index (χ1v) is 6.58. The topological polar surface area (TPSA) is 42.2 Å². The number of para-hydroxylation sites is 2. The summed E-state index contributed by atoms with van der Waals surface area (Å²) < 4.78 is 5.62. The number of carbonyl (C=O) groups excluding carboxylic acids is 1. The molecule has 0 spiro atoms. The Kier molecular flexibility index (Phi) is 3.20. The second-order valence-electron chi connectivity index (χ2n) is 4.54. The summed E-state index contributed by atoms with van der Waals surface area (Å²) in [5.74, 6) is -0.0390. The molecule has 0 aliphatic carbocycles. The Balaban J connectivity index is 1.93. The molecule has 3 aromatic rings. The Morgan fingerprint density at radius 1 is 1.15 bits per heavy atom. The molecule has 0 saturated heterocycles. The van der Waals surface area contributed by atoms with Gasteiger partial charge in [0, 0.05) is 5.39 Å². The van der Waals surface area contributed by atoms with E-state index in [1.807, 2.05) is 37.3 Å². The molecule has 1 aromatic heterocycles. The molecule has 100 valence electrons. The van der Waals surface area contributed by atoms with Gasteiger partial charge >= 0.3 is 0 Å². The van der Waals surface area contributed by atoms with Crippen molar-refractivity contribution in [3.8, 4) is 0 Å². The van der Waals surface area contributed by atoms with E-state index in [0.717, 1.165) is 16.5 Å². The Labute approximate surface area is 121 Å². The third kappa shape index (κ3) is 2.28. The SMILES string of the molecule is Cc1cccc2cc(C(=O)Nc3ccccc3Cl)oc12. The number of anilines is 1. The molecule has 0 aliphatic rings. The molecule has 3 nitrogen and oxygen atoms in total. The fourth-order valence-corrected chi connectivity index (χ4v) is 2.25. The normalized spacial score (nSPS) is 10.7. The fraction of sp³-hybridized carbons (Fsp3) is 0.0625. The van der Waals surface area contributed by atoms with E-state index in [2.05, 4.69) is 5.32 Å². The van der Waals surface area contributed by atoms with E-state index in [4.69, 9.17) is 16.0 Å². The standard InChI is InChI=1S/C16H12ClNO2/c1-10-5-4-6-11-9-14(20-15(10)11)16(19)18-13-8-3-2-7-12(13)17/h2-9H,1H3,(H,18,19). The molecule has 20 heavy (non-hydrogen) atoms. The lowest BCUT2D eigenvalue weighted by atomic mass is 10.2. The van der Waals surface area contributed by atoms with Crippen LogP contribution in [-0.4, -0.2) is 5.91 Å². The molecule has 0 fully saturated rings. The zero-order valence-electron chi connectivity index (χ0n) is 10.8. The molecule has 0 unspecified atom stereocenters. The zero-order valence-corrected chi connectivity index (χ0v) is 11.6. The van der Waals surface area contributed by atoms with Gasteiger partial charge in [-0.1, -0.05) is 41.9 Å². The van der Waals surface area contributed by atoms with Crippen molar-refractivity contribution in [2.45, 2.75) is 6.92 Å². The molecule has 0 aliphatic heterocycles. The van der Waals surface area contributed by atoms with Crippen LogP contribution in [0.25, 0.3) is 11.0 Å². The number of hydrogen-bond acceptors (Lipinski definition) is 2. The summed E-state index contributed by atoms with van der Waals surface area (Å²) in [4.78, 5) is 12.2. The molecule has 1 heterocycles. The van der Waals surface area contributed by atoms with Gasteiger partial charge < -0.3 is 9.73 Å². The van der Waals surface area contributed by atoms with Gasteiger partial charge in [0.25, 0.3) is 5.91 Å². The number of halogens is 1. The van der Waals surface area contributed by atoms with Gasteiger partial charge in [-0.05, 0) is 30.7 Å². The van der Waals surface area contributed by atoms with E-state index in [1.54, 1.807) is 18.2 Å². The molecular formula is C16H12ClNO2. The van der Waals surface area contributed by atoms with Crippen molar-refractivity contribution in [3.05, 3.63) is 64.9 Å². The summed E-state index contributed by atoms with van der Waals surface area (Å²) in [6.45, 7) is 1.95. The summed E-state index contributed by atoms with van der Waals surface area (Å²) >= 11 is 6.01. The van der Waals surface area contributed by atoms with Crippen molar-refractivity contribution in [3.63, 3.8) is 0 Å². The van der Waals surface area contributed by atoms with Crippen molar-refractivity contribution in [1.29, 1.82) is 0 Å². The molecule has 0 saturated carbocycles. The minimum absolute atomic E-state index is 0.272. The molecule has 0 bridgehead atoms. The van der Waals surface area contributed by atoms with Gasteiger partial charge in [-0.15, -0.1) is 0 Å². The van der Waals surface area contributed by atoms with Crippen LogP contribution in [0.4, 0.5) is 5.69 Å². The van der Waals surface area contributed by atoms with Gasteiger partial charge in [-0.25, -0.2) is 0 Å². The number of hydrogen-bond donors (Lipinski definition) is 1. The first-order valence-electron chi connectivity index (χ1n) is 6.20. The van der Waals surface area contributed by atoms with E-state index < -0.39 is 0 Å². The highest BCUT2D eigenvalue weighted by Gasteiger charge is 2.14. The van der Waals surface area contributed by atoms with E-state index in [-0.39, 0.29) is 11.7 Å². The zero-order chi connectivity index (χ0) is 14.1. The maximum Gasteiger partial charge on any atom is 0.291 e. The van der Waals surface area contributed by atoms with Crippen LogP contribution in [0, 0.1) is 6.92 Å². The van der Waals surface area contributed by atoms with Crippen molar-refractivity contribution >= 4 is 34.2 Å². The first-order chi connectivity index (χ1) is 9.65. The highest BCUT2D eigenvalue weighted by molar-refractivity contribution is 6.33. The Bertz CT molecular complexity index is 792. The number of amides is 1. The molecule has 1 amide bonds. The second kappa shape index (κ2) is 5.02. The van der Waals surface area contributed by atoms with E-state index >= 15 is 0 Å². The van der Waals surface area contributed by atoms with Gasteiger partial charge in [-0.2, -0.15) is 0 Å². The lowest BCUT2D eigenvalue weighted by molar-refractivity contribution is 0.0998. The molecule has 1 N–H and O–H groups in total. The second-order valence-corrected chi connectivity index (χ2v) is 4.95. The van der Waals surface area contributed by atoms with Gasteiger partial charge in [-0.3, -0.25) is 4.79 Å². The quantitative estimate of drug-likeness (QED) is 0.745. The number of benzene rings is 2. The monoisotopic (exact) mass is 285 g/mol. The number of fused-ring (bicyclic) bond motifs is 1. The average molecular weight is 286 g/mol. The Morgan fingerprint density at radius 2 is 1.95 bits per heavy atom. The minimum Gasteiger partial charge on any atom is -0.451 e. The van der Waals surface area contributed by atoms with Crippen molar-refractivity contribution in [2.24, 2.45) is 0 Å². The van der Waals surface area contributed by atoms with Crippen molar-refractivity contribution < 1.29 is 9.21 Å². The highest BCUT2D eigenvalue weighted by Crippen LogP contribution is 2.25. The first kappa shape index (κ1) is 12.8. The van der Waals surface area contributed by atoms with Gasteiger partial charge in [0.1, 0.15) is 5.58 Å². The Morgan fingerprint density at radius 3 is 2.70 bits per heavy atom. The number of furan rings is 1. The van der Waals surface area contributed by atoms with Crippen LogP contribution in [0.15, 0.2) is 52.9 Å². The minimum atomic E-state index is -0.311.